The molecule has 0 aliphatic carbocycles. The minimum Gasteiger partial charge on any atom is -0.493 e. The second kappa shape index (κ2) is 9.19. The zero-order valence-corrected chi connectivity index (χ0v) is 19.4. The van der Waals surface area contributed by atoms with E-state index in [1.165, 1.54) is 38.5 Å². The molecule has 0 bridgehead atoms. The van der Waals surface area contributed by atoms with E-state index in [2.05, 4.69) is 4.98 Å². The molecule has 2 aromatic heterocycles. The largest absolute Gasteiger partial charge is 0.493 e. The zero-order valence-electron chi connectivity index (χ0n) is 19.4. The van der Waals surface area contributed by atoms with E-state index in [9.17, 15) is 18.0 Å². The molecule has 0 amide bonds. The maximum Gasteiger partial charge on any atom is 0.450 e. The number of aromatic nitrogens is 1. The third-order valence-corrected chi connectivity index (χ3v) is 5.95. The SMILES string of the molecule is COc1ccc(-c2c(C(F)(F)F)oc3c4c(ccc3c2=O)OCN(Cc2ccccn2)C4)cc1OC. The maximum atomic E-state index is 14.2. The van der Waals surface area contributed by atoms with Crippen LogP contribution in [-0.2, 0) is 19.3 Å². The number of rotatable bonds is 5. The Hall–Kier alpha value is -4.05. The molecule has 4 aromatic rings. The summed E-state index contributed by atoms with van der Waals surface area (Å²) in [7, 11) is 2.77. The molecule has 2 aromatic carbocycles. The van der Waals surface area contributed by atoms with Gasteiger partial charge in [0.15, 0.2) is 11.5 Å². The summed E-state index contributed by atoms with van der Waals surface area (Å²) in [4.78, 5) is 19.7. The van der Waals surface area contributed by atoms with E-state index in [1.54, 1.807) is 18.3 Å². The van der Waals surface area contributed by atoms with Gasteiger partial charge in [-0.05, 0) is 42.0 Å². The summed E-state index contributed by atoms with van der Waals surface area (Å²) in [6.07, 6.45) is -3.27. The van der Waals surface area contributed by atoms with Crippen LogP contribution in [0.2, 0.25) is 0 Å². The van der Waals surface area contributed by atoms with Crippen molar-refractivity contribution in [1.82, 2.24) is 9.88 Å². The summed E-state index contributed by atoms with van der Waals surface area (Å²) >= 11 is 0. The highest BCUT2D eigenvalue weighted by atomic mass is 19.4. The van der Waals surface area contributed by atoms with Crippen molar-refractivity contribution >= 4 is 11.0 Å². The van der Waals surface area contributed by atoms with Crippen LogP contribution in [0.15, 0.2) is 63.9 Å². The first kappa shape index (κ1) is 23.7. The molecule has 7 nitrogen and oxygen atoms in total. The molecule has 0 saturated carbocycles. The topological polar surface area (TPSA) is 74.0 Å². The molecule has 0 N–H and O–H groups in total. The van der Waals surface area contributed by atoms with Gasteiger partial charge in [-0.25, -0.2) is 0 Å². The van der Waals surface area contributed by atoms with Crippen LogP contribution >= 0.6 is 0 Å². The molecule has 186 valence electrons. The van der Waals surface area contributed by atoms with Crippen LogP contribution in [-0.4, -0.2) is 30.8 Å². The van der Waals surface area contributed by atoms with Crippen molar-refractivity contribution in [2.24, 2.45) is 0 Å². The zero-order chi connectivity index (χ0) is 25.4. The highest BCUT2D eigenvalue weighted by Crippen LogP contribution is 2.41. The van der Waals surface area contributed by atoms with Crippen LogP contribution in [0.1, 0.15) is 17.0 Å². The molecule has 0 saturated heterocycles. The number of hydrogen-bond acceptors (Lipinski definition) is 7. The van der Waals surface area contributed by atoms with Crippen LogP contribution in [0, 0.1) is 0 Å². The lowest BCUT2D eigenvalue weighted by Crippen LogP contribution is -2.32. The molecule has 0 spiro atoms. The summed E-state index contributed by atoms with van der Waals surface area (Å²) in [5.74, 6) is -0.511. The minimum atomic E-state index is -4.93. The molecular formula is C26H21F3N2O5. The van der Waals surface area contributed by atoms with E-state index >= 15 is 0 Å². The summed E-state index contributed by atoms with van der Waals surface area (Å²) in [6.45, 7) is 0.852. The van der Waals surface area contributed by atoms with Crippen molar-refractivity contribution in [1.29, 1.82) is 0 Å². The maximum absolute atomic E-state index is 14.2. The van der Waals surface area contributed by atoms with E-state index in [0.29, 0.717) is 23.6 Å². The third-order valence-electron chi connectivity index (χ3n) is 5.95. The van der Waals surface area contributed by atoms with Gasteiger partial charge in [0, 0.05) is 19.3 Å². The Morgan fingerprint density at radius 3 is 2.56 bits per heavy atom. The fourth-order valence-corrected chi connectivity index (χ4v) is 4.29. The molecule has 3 heterocycles. The lowest BCUT2D eigenvalue weighted by atomic mass is 9.99. The van der Waals surface area contributed by atoms with E-state index in [1.807, 2.05) is 17.0 Å². The molecule has 1 aliphatic rings. The molecule has 0 atom stereocenters. The highest BCUT2D eigenvalue weighted by molar-refractivity contribution is 5.87. The average Bonchev–Trinajstić information content (AvgIpc) is 2.88. The number of pyridine rings is 1. The number of benzene rings is 2. The van der Waals surface area contributed by atoms with Gasteiger partial charge in [-0.15, -0.1) is 0 Å². The van der Waals surface area contributed by atoms with E-state index in [4.69, 9.17) is 18.6 Å². The van der Waals surface area contributed by atoms with E-state index in [0.717, 1.165) is 5.69 Å². The number of methoxy groups -OCH3 is 2. The Kier molecular flexibility index (Phi) is 6.05. The summed E-state index contributed by atoms with van der Waals surface area (Å²) in [5, 5.41) is 0.0230. The first-order valence-electron chi connectivity index (χ1n) is 11.0. The number of halogens is 3. The first-order valence-corrected chi connectivity index (χ1v) is 11.0. The number of nitrogens with zero attached hydrogens (tertiary/aromatic N) is 2. The average molecular weight is 498 g/mol. The number of ether oxygens (including phenoxy) is 3. The van der Waals surface area contributed by atoms with Crippen LogP contribution in [0.4, 0.5) is 13.2 Å². The second-order valence-corrected chi connectivity index (χ2v) is 8.20. The fourth-order valence-electron chi connectivity index (χ4n) is 4.29. The normalized spacial score (nSPS) is 13.8. The van der Waals surface area contributed by atoms with Gasteiger partial charge < -0.3 is 18.6 Å². The Morgan fingerprint density at radius 1 is 1.06 bits per heavy atom. The third kappa shape index (κ3) is 4.24. The van der Waals surface area contributed by atoms with Crippen LogP contribution in [0.3, 0.4) is 0 Å². The summed E-state index contributed by atoms with van der Waals surface area (Å²) in [6, 6.07) is 12.6. The predicted molar refractivity (Wildman–Crippen MR) is 125 cm³/mol. The van der Waals surface area contributed by atoms with Crippen LogP contribution in [0.25, 0.3) is 22.1 Å². The predicted octanol–water partition coefficient (Wildman–Crippen LogP) is 5.24. The molecular weight excluding hydrogens is 477 g/mol. The molecule has 0 fully saturated rings. The quantitative estimate of drug-likeness (QED) is 0.372. The number of hydrogen-bond donors (Lipinski definition) is 0. The lowest BCUT2D eigenvalue weighted by Gasteiger charge is -2.29. The fraction of sp³-hybridized carbons (Fsp3) is 0.231. The molecule has 0 radical (unpaired) electrons. The van der Waals surface area contributed by atoms with Crippen molar-refractivity contribution in [3.63, 3.8) is 0 Å². The van der Waals surface area contributed by atoms with Crippen molar-refractivity contribution in [2.45, 2.75) is 19.3 Å². The second-order valence-electron chi connectivity index (χ2n) is 8.20. The smallest absolute Gasteiger partial charge is 0.450 e. The Labute approximate surface area is 203 Å². The Bertz CT molecular complexity index is 1490. The minimum absolute atomic E-state index is 0.00127. The first-order chi connectivity index (χ1) is 17.3. The van der Waals surface area contributed by atoms with Crippen LogP contribution < -0.4 is 19.6 Å². The Morgan fingerprint density at radius 2 is 1.86 bits per heavy atom. The van der Waals surface area contributed by atoms with Gasteiger partial charge in [-0.1, -0.05) is 12.1 Å². The summed E-state index contributed by atoms with van der Waals surface area (Å²) in [5.41, 5.74) is -0.409. The molecule has 10 heteroatoms. The molecule has 1 aliphatic heterocycles. The van der Waals surface area contributed by atoms with Gasteiger partial charge in [-0.2, -0.15) is 13.2 Å². The standard InChI is InChI=1S/C26H21F3N2O5/c1-33-20-8-6-15(11-21(20)34-2)22-23(32)17-7-9-19-18(24(17)36-25(22)26(27,28)29)13-31(14-35-19)12-16-5-3-4-10-30-16/h3-11H,12-14H2,1-2H3. The van der Waals surface area contributed by atoms with Gasteiger partial charge in [0.25, 0.3) is 0 Å². The van der Waals surface area contributed by atoms with Crippen LogP contribution in [0.5, 0.6) is 17.2 Å². The van der Waals surface area contributed by atoms with Gasteiger partial charge >= 0.3 is 6.18 Å². The molecule has 5 rings (SSSR count). The monoisotopic (exact) mass is 498 g/mol. The van der Waals surface area contributed by atoms with Gasteiger partial charge in [0.05, 0.1) is 36.4 Å². The Balaban J connectivity index is 1.67. The van der Waals surface area contributed by atoms with Gasteiger partial charge in [0.1, 0.15) is 18.1 Å². The van der Waals surface area contributed by atoms with Crippen molar-refractivity contribution in [2.75, 3.05) is 21.0 Å². The lowest BCUT2D eigenvalue weighted by molar-refractivity contribution is -0.152. The van der Waals surface area contributed by atoms with Gasteiger partial charge in [0.2, 0.25) is 11.2 Å². The van der Waals surface area contributed by atoms with Crippen molar-refractivity contribution in [3.05, 3.63) is 82.0 Å². The van der Waals surface area contributed by atoms with Crippen molar-refractivity contribution in [3.8, 4) is 28.4 Å². The van der Waals surface area contributed by atoms with E-state index in [-0.39, 0.29) is 35.6 Å². The summed E-state index contributed by atoms with van der Waals surface area (Å²) < 4.78 is 64.3. The van der Waals surface area contributed by atoms with E-state index < -0.39 is 22.9 Å². The number of fused-ring (bicyclic) bond motifs is 3. The number of alkyl halides is 3. The highest BCUT2D eigenvalue weighted by Gasteiger charge is 2.40. The molecule has 0 unspecified atom stereocenters. The molecule has 36 heavy (non-hydrogen) atoms. The van der Waals surface area contributed by atoms with Gasteiger partial charge in [-0.3, -0.25) is 14.7 Å². The van der Waals surface area contributed by atoms with Crippen molar-refractivity contribution < 1.29 is 31.8 Å².